The van der Waals surface area contributed by atoms with E-state index in [1.807, 2.05) is 45.0 Å². The molecule has 8 heteroatoms. The van der Waals surface area contributed by atoms with Crippen molar-refractivity contribution in [2.45, 2.75) is 27.4 Å². The first-order chi connectivity index (χ1) is 16.6. The molecule has 0 saturated carbocycles. The second-order valence-electron chi connectivity index (χ2n) is 8.32. The molecule has 0 spiro atoms. The monoisotopic (exact) mass is 508 g/mol. The van der Waals surface area contributed by atoms with Crippen LogP contribution in [0.5, 0.6) is 5.75 Å². The molecule has 0 aromatic heterocycles. The standard InChI is InChI=1S/C27H22Cl2N2O4/c1-15-5-4-6-18(9-15)14-35-24-22(28)12-19(13-23(24)29)11-21-25(32)30-27(34)31(26(21)33)20-8-7-16(2)17(3)10-20/h4-13H,14H2,1-3H3,(H,30,32,34)/b21-11+. The first kappa shape index (κ1) is 24.5. The summed E-state index contributed by atoms with van der Waals surface area (Å²) in [6, 6.07) is 15.3. The quantitative estimate of drug-likeness (QED) is 0.330. The molecule has 0 bridgehead atoms. The summed E-state index contributed by atoms with van der Waals surface area (Å²) in [6.07, 6.45) is 1.35. The van der Waals surface area contributed by atoms with Crippen molar-refractivity contribution in [3.8, 4) is 5.75 Å². The van der Waals surface area contributed by atoms with Crippen LogP contribution in [0.2, 0.25) is 10.0 Å². The van der Waals surface area contributed by atoms with Gasteiger partial charge in [-0.25, -0.2) is 9.69 Å². The van der Waals surface area contributed by atoms with Gasteiger partial charge in [0.15, 0.2) is 5.75 Å². The number of aryl methyl sites for hydroxylation is 3. The molecule has 1 N–H and O–H groups in total. The number of amides is 4. The number of imide groups is 2. The average Bonchev–Trinajstić information content (AvgIpc) is 2.78. The summed E-state index contributed by atoms with van der Waals surface area (Å²) in [6.45, 7) is 6.06. The van der Waals surface area contributed by atoms with Gasteiger partial charge in [0.05, 0.1) is 15.7 Å². The molecule has 0 aliphatic carbocycles. The zero-order valence-corrected chi connectivity index (χ0v) is 20.8. The van der Waals surface area contributed by atoms with Gasteiger partial charge in [-0.05, 0) is 73.4 Å². The second kappa shape index (κ2) is 9.94. The molecular formula is C27H22Cl2N2O4. The molecule has 0 atom stereocenters. The molecule has 3 aromatic carbocycles. The van der Waals surface area contributed by atoms with E-state index in [1.165, 1.54) is 6.08 Å². The molecule has 3 aromatic rings. The van der Waals surface area contributed by atoms with E-state index in [9.17, 15) is 14.4 Å². The lowest BCUT2D eigenvalue weighted by Gasteiger charge is -2.27. The Bertz CT molecular complexity index is 1370. The fourth-order valence-electron chi connectivity index (χ4n) is 3.68. The van der Waals surface area contributed by atoms with E-state index < -0.39 is 17.8 Å². The van der Waals surface area contributed by atoms with Crippen molar-refractivity contribution in [1.29, 1.82) is 0 Å². The summed E-state index contributed by atoms with van der Waals surface area (Å²) >= 11 is 12.8. The molecular weight excluding hydrogens is 487 g/mol. The van der Waals surface area contributed by atoms with Crippen LogP contribution in [0, 0.1) is 20.8 Å². The number of hydrogen-bond donors (Lipinski definition) is 1. The van der Waals surface area contributed by atoms with Crippen LogP contribution in [-0.2, 0) is 16.2 Å². The number of rotatable bonds is 5. The molecule has 6 nitrogen and oxygen atoms in total. The Hall–Kier alpha value is -3.61. The van der Waals surface area contributed by atoms with Crippen molar-refractivity contribution in [3.05, 3.63) is 98.0 Å². The minimum atomic E-state index is -0.809. The number of carbonyl (C=O) groups excluding carboxylic acids is 3. The predicted octanol–water partition coefficient (Wildman–Crippen LogP) is 6.16. The summed E-state index contributed by atoms with van der Waals surface area (Å²) in [5.74, 6) is -1.25. The number of nitrogens with zero attached hydrogens (tertiary/aromatic N) is 1. The molecule has 1 fully saturated rings. The van der Waals surface area contributed by atoms with Crippen LogP contribution >= 0.6 is 23.2 Å². The van der Waals surface area contributed by atoms with Crippen LogP contribution < -0.4 is 15.0 Å². The molecule has 1 aliphatic rings. The van der Waals surface area contributed by atoms with Gasteiger partial charge in [0.25, 0.3) is 11.8 Å². The number of benzene rings is 3. The van der Waals surface area contributed by atoms with Gasteiger partial charge < -0.3 is 4.74 Å². The summed E-state index contributed by atoms with van der Waals surface area (Å²) in [5.41, 5.74) is 4.55. The molecule has 1 saturated heterocycles. The molecule has 0 radical (unpaired) electrons. The highest BCUT2D eigenvalue weighted by atomic mass is 35.5. The number of barbiturate groups is 1. The van der Waals surface area contributed by atoms with E-state index in [1.54, 1.807) is 30.3 Å². The van der Waals surface area contributed by atoms with Crippen LogP contribution in [0.3, 0.4) is 0 Å². The van der Waals surface area contributed by atoms with Gasteiger partial charge >= 0.3 is 6.03 Å². The maximum atomic E-state index is 13.2. The number of nitrogens with one attached hydrogen (secondary N) is 1. The number of ether oxygens (including phenoxy) is 1. The highest BCUT2D eigenvalue weighted by Crippen LogP contribution is 2.36. The zero-order valence-electron chi connectivity index (χ0n) is 19.3. The van der Waals surface area contributed by atoms with Crippen molar-refractivity contribution in [2.75, 3.05) is 4.90 Å². The number of carbonyl (C=O) groups is 3. The largest absolute Gasteiger partial charge is 0.486 e. The lowest BCUT2D eigenvalue weighted by molar-refractivity contribution is -0.122. The summed E-state index contributed by atoms with van der Waals surface area (Å²) < 4.78 is 5.82. The minimum Gasteiger partial charge on any atom is -0.486 e. The third-order valence-electron chi connectivity index (χ3n) is 5.65. The van der Waals surface area contributed by atoms with E-state index in [0.717, 1.165) is 27.2 Å². The Morgan fingerprint density at radius 2 is 1.63 bits per heavy atom. The van der Waals surface area contributed by atoms with Crippen molar-refractivity contribution in [1.82, 2.24) is 5.32 Å². The van der Waals surface area contributed by atoms with Gasteiger partial charge in [-0.15, -0.1) is 0 Å². The zero-order chi connectivity index (χ0) is 25.3. The van der Waals surface area contributed by atoms with E-state index in [-0.39, 0.29) is 22.2 Å². The van der Waals surface area contributed by atoms with Crippen LogP contribution in [0.15, 0.2) is 60.2 Å². The normalized spacial score (nSPS) is 14.9. The van der Waals surface area contributed by atoms with Crippen LogP contribution in [0.25, 0.3) is 6.08 Å². The van der Waals surface area contributed by atoms with Gasteiger partial charge in [-0.2, -0.15) is 0 Å². The van der Waals surface area contributed by atoms with Crippen LogP contribution in [-0.4, -0.2) is 17.8 Å². The summed E-state index contributed by atoms with van der Waals surface area (Å²) in [7, 11) is 0. The van der Waals surface area contributed by atoms with Crippen molar-refractivity contribution in [3.63, 3.8) is 0 Å². The van der Waals surface area contributed by atoms with Gasteiger partial charge in [0.1, 0.15) is 12.2 Å². The second-order valence-corrected chi connectivity index (χ2v) is 9.13. The van der Waals surface area contributed by atoms with E-state index in [2.05, 4.69) is 5.32 Å². The van der Waals surface area contributed by atoms with Gasteiger partial charge in [-0.3, -0.25) is 14.9 Å². The molecule has 4 amide bonds. The Labute approximate surface area is 213 Å². The van der Waals surface area contributed by atoms with Gasteiger partial charge in [0, 0.05) is 0 Å². The SMILES string of the molecule is Cc1cccc(COc2c(Cl)cc(/C=C3\C(=O)NC(=O)N(c4ccc(C)c(C)c4)C3=O)cc2Cl)c1. The van der Waals surface area contributed by atoms with E-state index >= 15 is 0 Å². The predicted molar refractivity (Wildman–Crippen MR) is 137 cm³/mol. The first-order valence-electron chi connectivity index (χ1n) is 10.8. The molecule has 35 heavy (non-hydrogen) atoms. The molecule has 178 valence electrons. The summed E-state index contributed by atoms with van der Waals surface area (Å²) in [5, 5.41) is 2.66. The number of halogens is 2. The van der Waals surface area contributed by atoms with Crippen LogP contribution in [0.4, 0.5) is 10.5 Å². The fourth-order valence-corrected chi connectivity index (χ4v) is 4.29. The number of urea groups is 1. The maximum absolute atomic E-state index is 13.2. The fraction of sp³-hybridized carbons (Fsp3) is 0.148. The van der Waals surface area contributed by atoms with Gasteiger partial charge in [-0.1, -0.05) is 59.1 Å². The number of anilines is 1. The Morgan fingerprint density at radius 1 is 0.914 bits per heavy atom. The third-order valence-corrected chi connectivity index (χ3v) is 6.21. The van der Waals surface area contributed by atoms with E-state index in [0.29, 0.717) is 17.0 Å². The lowest BCUT2D eigenvalue weighted by atomic mass is 10.0. The Kier molecular flexibility index (Phi) is 6.96. The maximum Gasteiger partial charge on any atom is 0.335 e. The first-order valence-corrected chi connectivity index (χ1v) is 11.6. The topological polar surface area (TPSA) is 75.7 Å². The number of hydrogen-bond acceptors (Lipinski definition) is 4. The summed E-state index contributed by atoms with van der Waals surface area (Å²) in [4.78, 5) is 39.1. The highest BCUT2D eigenvalue weighted by molar-refractivity contribution is 6.40. The Balaban J connectivity index is 1.62. The van der Waals surface area contributed by atoms with Crippen LogP contribution in [0.1, 0.15) is 27.8 Å². The molecule has 1 aliphatic heterocycles. The molecule has 0 unspecified atom stereocenters. The van der Waals surface area contributed by atoms with Crippen molar-refractivity contribution in [2.24, 2.45) is 0 Å². The lowest BCUT2D eigenvalue weighted by Crippen LogP contribution is -2.54. The Morgan fingerprint density at radius 3 is 2.29 bits per heavy atom. The molecule has 1 heterocycles. The van der Waals surface area contributed by atoms with Crippen molar-refractivity contribution < 1.29 is 19.1 Å². The average molecular weight is 509 g/mol. The molecule has 4 rings (SSSR count). The minimum absolute atomic E-state index is 0.219. The van der Waals surface area contributed by atoms with Gasteiger partial charge in [0.2, 0.25) is 0 Å². The smallest absolute Gasteiger partial charge is 0.335 e. The van der Waals surface area contributed by atoms with E-state index in [4.69, 9.17) is 27.9 Å². The highest BCUT2D eigenvalue weighted by Gasteiger charge is 2.37. The third kappa shape index (κ3) is 5.24. The van der Waals surface area contributed by atoms with Crippen molar-refractivity contribution >= 4 is 52.8 Å².